The third-order valence-electron chi connectivity index (χ3n) is 3.79. The largest absolute Gasteiger partial charge is 0.492 e. The number of nitrogens with two attached hydrogens (primary N) is 1. The van der Waals surface area contributed by atoms with Crippen LogP contribution in [0.15, 0.2) is 24.3 Å². The third-order valence-corrected chi connectivity index (χ3v) is 4.10. The maximum atomic E-state index is 12.0. The number of carbonyl (C=O) groups excluding carboxylic acids is 1. The number of nitrogens with one attached hydrogen (secondary N) is 1. The van der Waals surface area contributed by atoms with Gasteiger partial charge in [0, 0.05) is 13.0 Å². The predicted octanol–water partition coefficient (Wildman–Crippen LogP) is 3.13. The molecule has 0 radical (unpaired) electrons. The van der Waals surface area contributed by atoms with Crippen molar-refractivity contribution in [2.45, 2.75) is 45.1 Å². The molecule has 118 valence electrons. The first-order valence-electron chi connectivity index (χ1n) is 7.45. The summed E-state index contributed by atoms with van der Waals surface area (Å²) in [4.78, 5) is 12.0. The van der Waals surface area contributed by atoms with Crippen molar-refractivity contribution in [3.63, 3.8) is 0 Å². The first-order valence-corrected chi connectivity index (χ1v) is 7.83. The summed E-state index contributed by atoms with van der Waals surface area (Å²) in [6.07, 6.45) is 2.74. The SMILES string of the molecule is CCC(CC)(CN)NC(=O)CCCOc1ccccc1Cl. The number of hydrogen-bond acceptors (Lipinski definition) is 3. The molecule has 0 saturated heterocycles. The molecule has 0 aromatic heterocycles. The zero-order valence-corrected chi connectivity index (χ0v) is 13.6. The van der Waals surface area contributed by atoms with Gasteiger partial charge in [0.05, 0.1) is 17.2 Å². The van der Waals surface area contributed by atoms with Crippen LogP contribution in [-0.4, -0.2) is 24.6 Å². The van der Waals surface area contributed by atoms with E-state index in [0.29, 0.717) is 36.8 Å². The van der Waals surface area contributed by atoms with E-state index in [-0.39, 0.29) is 11.4 Å². The molecule has 3 N–H and O–H groups in total. The average Bonchev–Trinajstić information content (AvgIpc) is 2.51. The van der Waals surface area contributed by atoms with Gasteiger partial charge in [-0.1, -0.05) is 37.6 Å². The van der Waals surface area contributed by atoms with Gasteiger partial charge in [-0.05, 0) is 31.4 Å². The van der Waals surface area contributed by atoms with Crippen LogP contribution in [0.2, 0.25) is 5.02 Å². The molecule has 21 heavy (non-hydrogen) atoms. The molecule has 0 aliphatic carbocycles. The zero-order valence-electron chi connectivity index (χ0n) is 12.8. The Morgan fingerprint density at radius 3 is 2.57 bits per heavy atom. The lowest BCUT2D eigenvalue weighted by Gasteiger charge is -2.31. The molecule has 4 nitrogen and oxygen atoms in total. The molecule has 0 unspecified atom stereocenters. The van der Waals surface area contributed by atoms with Gasteiger partial charge in [0.25, 0.3) is 0 Å². The molecule has 0 atom stereocenters. The fourth-order valence-electron chi connectivity index (χ4n) is 2.10. The predicted molar refractivity (Wildman–Crippen MR) is 86.7 cm³/mol. The van der Waals surface area contributed by atoms with Gasteiger partial charge in [-0.2, -0.15) is 0 Å². The Bertz CT molecular complexity index is 439. The lowest BCUT2D eigenvalue weighted by molar-refractivity contribution is -0.123. The quantitative estimate of drug-likeness (QED) is 0.689. The van der Waals surface area contributed by atoms with Crippen LogP contribution in [0, 0.1) is 0 Å². The van der Waals surface area contributed by atoms with Crippen LogP contribution in [0.5, 0.6) is 5.75 Å². The molecular weight excluding hydrogens is 288 g/mol. The summed E-state index contributed by atoms with van der Waals surface area (Å²) in [6.45, 7) is 5.00. The molecule has 0 fully saturated rings. The highest BCUT2D eigenvalue weighted by Gasteiger charge is 2.25. The second-order valence-electron chi connectivity index (χ2n) is 5.12. The van der Waals surface area contributed by atoms with Gasteiger partial charge in [0.2, 0.25) is 5.91 Å². The van der Waals surface area contributed by atoms with Crippen molar-refractivity contribution in [2.75, 3.05) is 13.2 Å². The monoisotopic (exact) mass is 312 g/mol. The number of ether oxygens (including phenoxy) is 1. The van der Waals surface area contributed by atoms with Crippen LogP contribution in [0.4, 0.5) is 0 Å². The second-order valence-corrected chi connectivity index (χ2v) is 5.53. The smallest absolute Gasteiger partial charge is 0.220 e. The van der Waals surface area contributed by atoms with Crippen molar-refractivity contribution in [3.8, 4) is 5.75 Å². The van der Waals surface area contributed by atoms with Crippen LogP contribution in [-0.2, 0) is 4.79 Å². The summed E-state index contributed by atoms with van der Waals surface area (Å²) < 4.78 is 5.56. The lowest BCUT2D eigenvalue weighted by atomic mass is 9.92. The Kier molecular flexibility index (Phi) is 7.54. The molecule has 0 saturated carbocycles. The number of hydrogen-bond donors (Lipinski definition) is 2. The molecule has 1 amide bonds. The normalized spacial score (nSPS) is 11.2. The Labute approximate surface area is 132 Å². The summed E-state index contributed by atoms with van der Waals surface area (Å²) >= 11 is 5.99. The molecule has 0 spiro atoms. The van der Waals surface area contributed by atoms with Crippen molar-refractivity contribution in [3.05, 3.63) is 29.3 Å². The molecule has 0 bridgehead atoms. The number of rotatable bonds is 9. The second kappa shape index (κ2) is 8.90. The molecule has 5 heteroatoms. The van der Waals surface area contributed by atoms with E-state index >= 15 is 0 Å². The van der Waals surface area contributed by atoms with Crippen molar-refractivity contribution < 1.29 is 9.53 Å². The molecule has 1 rings (SSSR count). The van der Waals surface area contributed by atoms with Gasteiger partial charge in [-0.15, -0.1) is 0 Å². The summed E-state index contributed by atoms with van der Waals surface area (Å²) in [7, 11) is 0. The highest BCUT2D eigenvalue weighted by Crippen LogP contribution is 2.23. The van der Waals surface area contributed by atoms with E-state index < -0.39 is 0 Å². The zero-order chi connectivity index (χ0) is 15.7. The molecule has 1 aromatic rings. The summed E-state index contributed by atoms with van der Waals surface area (Å²) in [5.41, 5.74) is 5.49. The number of carbonyl (C=O) groups is 1. The number of para-hydroxylation sites is 1. The molecule has 0 aliphatic rings. The van der Waals surface area contributed by atoms with Crippen LogP contribution in [0.3, 0.4) is 0 Å². The van der Waals surface area contributed by atoms with Crippen LogP contribution in [0.25, 0.3) is 0 Å². The topological polar surface area (TPSA) is 64.3 Å². The van der Waals surface area contributed by atoms with Gasteiger partial charge in [-0.3, -0.25) is 4.79 Å². The van der Waals surface area contributed by atoms with Gasteiger partial charge in [0.1, 0.15) is 5.75 Å². The summed E-state index contributed by atoms with van der Waals surface area (Å²) in [5, 5.41) is 3.63. The summed E-state index contributed by atoms with van der Waals surface area (Å²) in [6, 6.07) is 7.31. The molecule has 0 heterocycles. The Morgan fingerprint density at radius 2 is 2.00 bits per heavy atom. The van der Waals surface area contributed by atoms with Gasteiger partial charge >= 0.3 is 0 Å². The first-order chi connectivity index (χ1) is 10.1. The Hall–Kier alpha value is -1.26. The lowest BCUT2D eigenvalue weighted by Crippen LogP contribution is -2.52. The highest BCUT2D eigenvalue weighted by atomic mass is 35.5. The van der Waals surface area contributed by atoms with Crippen molar-refractivity contribution in [1.82, 2.24) is 5.32 Å². The van der Waals surface area contributed by atoms with Gasteiger partial charge in [0.15, 0.2) is 0 Å². The fraction of sp³-hybridized carbons (Fsp3) is 0.562. The van der Waals surface area contributed by atoms with E-state index in [2.05, 4.69) is 5.32 Å². The van der Waals surface area contributed by atoms with Gasteiger partial charge in [-0.25, -0.2) is 0 Å². The van der Waals surface area contributed by atoms with E-state index in [0.717, 1.165) is 12.8 Å². The highest BCUT2D eigenvalue weighted by molar-refractivity contribution is 6.32. The average molecular weight is 313 g/mol. The summed E-state index contributed by atoms with van der Waals surface area (Å²) in [5.74, 6) is 0.671. The van der Waals surface area contributed by atoms with E-state index in [1.807, 2.05) is 32.0 Å². The van der Waals surface area contributed by atoms with Crippen LogP contribution in [0.1, 0.15) is 39.5 Å². The van der Waals surface area contributed by atoms with Crippen molar-refractivity contribution in [1.29, 1.82) is 0 Å². The fourth-order valence-corrected chi connectivity index (χ4v) is 2.29. The molecular formula is C16H25ClN2O2. The van der Waals surface area contributed by atoms with Crippen molar-refractivity contribution in [2.24, 2.45) is 5.73 Å². The maximum Gasteiger partial charge on any atom is 0.220 e. The number of amides is 1. The minimum absolute atomic E-state index is 0.0203. The molecule has 0 aliphatic heterocycles. The van der Waals surface area contributed by atoms with E-state index in [4.69, 9.17) is 22.1 Å². The van der Waals surface area contributed by atoms with Gasteiger partial charge < -0.3 is 15.8 Å². The van der Waals surface area contributed by atoms with Crippen molar-refractivity contribution >= 4 is 17.5 Å². The van der Waals surface area contributed by atoms with Crippen LogP contribution < -0.4 is 15.8 Å². The Morgan fingerprint density at radius 1 is 1.33 bits per heavy atom. The maximum absolute atomic E-state index is 12.0. The van der Waals surface area contributed by atoms with Crippen LogP contribution >= 0.6 is 11.6 Å². The van der Waals surface area contributed by atoms with E-state index in [1.165, 1.54) is 0 Å². The Balaban J connectivity index is 2.32. The first kappa shape index (κ1) is 17.8. The minimum atomic E-state index is -0.277. The molecule has 1 aromatic carbocycles. The van der Waals surface area contributed by atoms with E-state index in [1.54, 1.807) is 6.07 Å². The minimum Gasteiger partial charge on any atom is -0.492 e. The standard InChI is InChI=1S/C16H25ClN2O2/c1-3-16(4-2,12-18)19-15(20)10-7-11-21-14-9-6-5-8-13(14)17/h5-6,8-9H,3-4,7,10-12,18H2,1-2H3,(H,19,20). The van der Waals surface area contributed by atoms with E-state index in [9.17, 15) is 4.79 Å². The third kappa shape index (κ3) is 5.56. The number of benzene rings is 1. The number of halogens is 1.